The molecular formula is C28H25BrClFO4. The van der Waals surface area contributed by atoms with E-state index in [0.29, 0.717) is 15.9 Å². The zero-order valence-corrected chi connectivity index (χ0v) is 21.4. The van der Waals surface area contributed by atoms with Crippen molar-refractivity contribution in [1.29, 1.82) is 0 Å². The molecule has 182 valence electrons. The van der Waals surface area contributed by atoms with E-state index in [-0.39, 0.29) is 23.1 Å². The molecule has 1 aliphatic heterocycles. The van der Waals surface area contributed by atoms with Crippen molar-refractivity contribution in [1.82, 2.24) is 0 Å². The van der Waals surface area contributed by atoms with Gasteiger partial charge in [-0.3, -0.25) is 0 Å². The van der Waals surface area contributed by atoms with Crippen molar-refractivity contribution in [2.45, 2.75) is 31.5 Å². The summed E-state index contributed by atoms with van der Waals surface area (Å²) in [7, 11) is 0. The Bertz CT molecular complexity index is 1220. The smallest absolute Gasteiger partial charge is 0.341 e. The number of halogens is 3. The Hall–Kier alpha value is -2.67. The van der Waals surface area contributed by atoms with Crippen molar-refractivity contribution >= 4 is 33.5 Å². The summed E-state index contributed by atoms with van der Waals surface area (Å²) < 4.78 is 28.1. The van der Waals surface area contributed by atoms with E-state index in [9.17, 15) is 4.79 Å². The predicted octanol–water partition coefficient (Wildman–Crippen LogP) is 7.88. The standard InChI is InChI=1S/C28H25BrClFO4/c1-16(2)20-14-21(17-6-4-3-5-7-17)26(18-8-10-19(30)11-9-18)35-27(20)25-23(31)13-12-22(29)28(25)34-15-24(32)33/h3-13,20-21,26-27H,1,14-15H2,2H3,(H,32,33)/t20-,21-,26+,27+/m1/s1. The van der Waals surface area contributed by atoms with Crippen LogP contribution in [0.2, 0.25) is 5.02 Å². The summed E-state index contributed by atoms with van der Waals surface area (Å²) in [5.41, 5.74) is 3.04. The third-order valence-corrected chi connectivity index (χ3v) is 7.19. The summed E-state index contributed by atoms with van der Waals surface area (Å²) in [6, 6.07) is 20.3. The van der Waals surface area contributed by atoms with Crippen LogP contribution in [-0.4, -0.2) is 17.7 Å². The molecule has 4 nitrogen and oxygen atoms in total. The molecule has 0 aliphatic carbocycles. The second-order valence-corrected chi connectivity index (χ2v) is 9.98. The summed E-state index contributed by atoms with van der Waals surface area (Å²) in [4.78, 5) is 11.2. The van der Waals surface area contributed by atoms with Crippen LogP contribution in [0.5, 0.6) is 5.75 Å². The quantitative estimate of drug-likeness (QED) is 0.299. The van der Waals surface area contributed by atoms with E-state index in [1.807, 2.05) is 49.4 Å². The first-order valence-corrected chi connectivity index (χ1v) is 12.4. The Morgan fingerprint density at radius 3 is 2.43 bits per heavy atom. The molecule has 0 amide bonds. The SMILES string of the molecule is C=C(C)[C@H]1C[C@H](c2ccccc2)[C@H](c2ccc(Cl)cc2)O[C@@H]1c1c(F)ccc(Br)c1OCC(=O)O. The third-order valence-electron chi connectivity index (χ3n) is 6.31. The second-order valence-electron chi connectivity index (χ2n) is 8.69. The van der Waals surface area contributed by atoms with Crippen molar-refractivity contribution in [2.24, 2.45) is 5.92 Å². The van der Waals surface area contributed by atoms with Crippen molar-refractivity contribution < 1.29 is 23.8 Å². The fraction of sp³-hybridized carbons (Fsp3) is 0.250. The van der Waals surface area contributed by atoms with Crippen LogP contribution in [0.3, 0.4) is 0 Å². The van der Waals surface area contributed by atoms with E-state index in [0.717, 1.165) is 16.7 Å². The molecule has 0 saturated carbocycles. The van der Waals surface area contributed by atoms with Gasteiger partial charge in [-0.1, -0.05) is 66.2 Å². The number of rotatable bonds is 7. The van der Waals surface area contributed by atoms with Gasteiger partial charge in [-0.15, -0.1) is 0 Å². The molecule has 35 heavy (non-hydrogen) atoms. The number of hydrogen-bond donors (Lipinski definition) is 1. The molecule has 0 spiro atoms. The van der Waals surface area contributed by atoms with Gasteiger partial charge in [0.25, 0.3) is 0 Å². The van der Waals surface area contributed by atoms with E-state index in [4.69, 9.17) is 26.2 Å². The van der Waals surface area contributed by atoms with Gasteiger partial charge in [-0.2, -0.15) is 0 Å². The van der Waals surface area contributed by atoms with Gasteiger partial charge in [0.15, 0.2) is 6.61 Å². The van der Waals surface area contributed by atoms with Crippen LogP contribution >= 0.6 is 27.5 Å². The lowest BCUT2D eigenvalue weighted by molar-refractivity contribution is -0.139. The minimum atomic E-state index is -1.16. The average molecular weight is 560 g/mol. The summed E-state index contributed by atoms with van der Waals surface area (Å²) >= 11 is 9.54. The van der Waals surface area contributed by atoms with Gasteiger partial charge in [0, 0.05) is 16.9 Å². The van der Waals surface area contributed by atoms with Gasteiger partial charge >= 0.3 is 5.97 Å². The first-order valence-electron chi connectivity index (χ1n) is 11.2. The average Bonchev–Trinajstić information content (AvgIpc) is 2.84. The fourth-order valence-electron chi connectivity index (χ4n) is 4.67. The number of aliphatic carboxylic acids is 1. The van der Waals surface area contributed by atoms with Gasteiger partial charge in [0.1, 0.15) is 11.6 Å². The zero-order valence-electron chi connectivity index (χ0n) is 19.1. The first-order chi connectivity index (χ1) is 16.8. The van der Waals surface area contributed by atoms with E-state index in [1.54, 1.807) is 0 Å². The van der Waals surface area contributed by atoms with E-state index >= 15 is 4.39 Å². The van der Waals surface area contributed by atoms with Crippen LogP contribution in [-0.2, 0) is 9.53 Å². The highest BCUT2D eigenvalue weighted by Gasteiger charge is 2.43. The van der Waals surface area contributed by atoms with Crippen molar-refractivity contribution in [2.75, 3.05) is 6.61 Å². The highest BCUT2D eigenvalue weighted by molar-refractivity contribution is 9.10. The third kappa shape index (κ3) is 5.61. The van der Waals surface area contributed by atoms with Gasteiger partial charge in [-0.25, -0.2) is 9.18 Å². The van der Waals surface area contributed by atoms with E-state index in [2.05, 4.69) is 34.6 Å². The van der Waals surface area contributed by atoms with Gasteiger partial charge in [-0.05, 0) is 64.7 Å². The van der Waals surface area contributed by atoms with Crippen LogP contribution in [0.25, 0.3) is 0 Å². The Labute approximate surface area is 217 Å². The zero-order chi connectivity index (χ0) is 25.1. The van der Waals surface area contributed by atoms with Gasteiger partial charge < -0.3 is 14.6 Å². The Kier molecular flexibility index (Phi) is 7.95. The Morgan fingerprint density at radius 2 is 1.80 bits per heavy atom. The highest BCUT2D eigenvalue weighted by atomic mass is 79.9. The molecule has 1 N–H and O–H groups in total. The molecule has 3 aromatic rings. The van der Waals surface area contributed by atoms with Crippen molar-refractivity contribution in [3.63, 3.8) is 0 Å². The topological polar surface area (TPSA) is 55.8 Å². The second kappa shape index (κ2) is 10.9. The van der Waals surface area contributed by atoms with Crippen LogP contribution in [0.1, 0.15) is 48.2 Å². The molecule has 4 rings (SSSR count). The minimum Gasteiger partial charge on any atom is -0.480 e. The lowest BCUT2D eigenvalue weighted by Gasteiger charge is -2.43. The maximum atomic E-state index is 15.4. The largest absolute Gasteiger partial charge is 0.480 e. The molecule has 0 aromatic heterocycles. The first kappa shape index (κ1) is 25.4. The molecule has 4 atom stereocenters. The molecule has 1 heterocycles. The Balaban J connectivity index is 1.84. The summed E-state index contributed by atoms with van der Waals surface area (Å²) in [5.74, 6) is -1.82. The Morgan fingerprint density at radius 1 is 1.11 bits per heavy atom. The van der Waals surface area contributed by atoms with Crippen LogP contribution in [0.15, 0.2) is 83.4 Å². The van der Waals surface area contributed by atoms with E-state index in [1.165, 1.54) is 12.1 Å². The maximum absolute atomic E-state index is 15.4. The summed E-state index contributed by atoms with van der Waals surface area (Å²) in [6.45, 7) is 5.48. The molecule has 7 heteroatoms. The van der Waals surface area contributed by atoms with Gasteiger partial charge in [0.05, 0.1) is 22.2 Å². The van der Waals surface area contributed by atoms with E-state index < -0.39 is 30.6 Å². The molecule has 1 saturated heterocycles. The highest BCUT2D eigenvalue weighted by Crippen LogP contribution is 2.54. The number of carboxylic acids is 1. The number of carbonyl (C=O) groups is 1. The molecule has 0 unspecified atom stereocenters. The lowest BCUT2D eigenvalue weighted by atomic mass is 9.74. The fourth-order valence-corrected chi connectivity index (χ4v) is 5.25. The summed E-state index contributed by atoms with van der Waals surface area (Å²) in [5, 5.41) is 9.77. The minimum absolute atomic E-state index is 0.0195. The normalized spacial score (nSPS) is 21.9. The number of carboxylic acid groups (broad SMARTS) is 1. The molecule has 1 fully saturated rings. The summed E-state index contributed by atoms with van der Waals surface area (Å²) in [6.07, 6.45) is -0.489. The van der Waals surface area contributed by atoms with Crippen LogP contribution in [0, 0.1) is 11.7 Å². The monoisotopic (exact) mass is 558 g/mol. The molecule has 0 bridgehead atoms. The number of hydrogen-bond acceptors (Lipinski definition) is 3. The van der Waals surface area contributed by atoms with Crippen molar-refractivity contribution in [3.8, 4) is 5.75 Å². The predicted molar refractivity (Wildman–Crippen MR) is 137 cm³/mol. The van der Waals surface area contributed by atoms with Gasteiger partial charge in [0.2, 0.25) is 0 Å². The van der Waals surface area contributed by atoms with Crippen LogP contribution in [0.4, 0.5) is 4.39 Å². The maximum Gasteiger partial charge on any atom is 0.341 e. The molecule has 3 aromatic carbocycles. The molecular weight excluding hydrogens is 535 g/mol. The number of benzene rings is 3. The van der Waals surface area contributed by atoms with Crippen LogP contribution < -0.4 is 4.74 Å². The van der Waals surface area contributed by atoms with Crippen molar-refractivity contribution in [3.05, 3.63) is 111 Å². The molecule has 0 radical (unpaired) electrons. The number of ether oxygens (including phenoxy) is 2. The lowest BCUT2D eigenvalue weighted by Crippen LogP contribution is -2.32. The molecule has 1 aliphatic rings.